The van der Waals surface area contributed by atoms with Gasteiger partial charge in [0.1, 0.15) is 12.0 Å². The van der Waals surface area contributed by atoms with Crippen molar-refractivity contribution in [1.82, 2.24) is 15.1 Å². The molecular weight excluding hydrogens is 320 g/mol. The van der Waals surface area contributed by atoms with E-state index in [0.717, 1.165) is 34.5 Å². The van der Waals surface area contributed by atoms with E-state index in [-0.39, 0.29) is 0 Å². The molecule has 3 rings (SSSR count). The van der Waals surface area contributed by atoms with Crippen LogP contribution in [0.15, 0.2) is 33.7 Å². The first-order valence-corrected chi connectivity index (χ1v) is 7.67. The monoisotopic (exact) mass is 336 g/mol. The molecule has 2 atom stereocenters. The summed E-state index contributed by atoms with van der Waals surface area (Å²) >= 11 is 3.37. The Hall–Kier alpha value is -1.43. The van der Waals surface area contributed by atoms with Crippen LogP contribution in [0.1, 0.15) is 25.5 Å². The quantitative estimate of drug-likeness (QED) is 0.810. The maximum atomic E-state index is 4.91. The second kappa shape index (κ2) is 5.91. The van der Waals surface area contributed by atoms with E-state index in [9.17, 15) is 0 Å². The first-order valence-electron chi connectivity index (χ1n) is 6.88. The van der Waals surface area contributed by atoms with E-state index in [1.54, 1.807) is 18.7 Å². The molecule has 0 radical (unpaired) electrons. The topological polar surface area (TPSA) is 55.1 Å². The lowest BCUT2D eigenvalue weighted by molar-refractivity contribution is 0.410. The SMILES string of the molecule is CC[C@@H]1C[C@H]1CN(Cc1ccon1)c1ncc(Br)cn1. The molecule has 1 aliphatic rings. The molecule has 0 bridgehead atoms. The van der Waals surface area contributed by atoms with Crippen LogP contribution in [0.2, 0.25) is 0 Å². The average Bonchev–Trinajstić information content (AvgIpc) is 3.01. The number of rotatable bonds is 6. The average molecular weight is 337 g/mol. The van der Waals surface area contributed by atoms with Gasteiger partial charge in [-0.25, -0.2) is 9.97 Å². The van der Waals surface area contributed by atoms with Gasteiger partial charge in [-0.2, -0.15) is 0 Å². The van der Waals surface area contributed by atoms with Gasteiger partial charge in [0, 0.05) is 25.0 Å². The maximum absolute atomic E-state index is 4.91. The highest BCUT2D eigenvalue weighted by Crippen LogP contribution is 2.41. The highest BCUT2D eigenvalue weighted by Gasteiger charge is 2.37. The van der Waals surface area contributed by atoms with Gasteiger partial charge in [0.2, 0.25) is 5.95 Å². The zero-order valence-electron chi connectivity index (χ0n) is 11.4. The normalized spacial score (nSPS) is 20.9. The van der Waals surface area contributed by atoms with Crippen molar-refractivity contribution in [3.05, 3.63) is 34.9 Å². The second-order valence-electron chi connectivity index (χ2n) is 5.24. The largest absolute Gasteiger partial charge is 0.364 e. The third-order valence-electron chi connectivity index (χ3n) is 3.78. The van der Waals surface area contributed by atoms with E-state index in [0.29, 0.717) is 6.54 Å². The van der Waals surface area contributed by atoms with Crippen LogP contribution in [0.3, 0.4) is 0 Å². The Balaban J connectivity index is 1.74. The number of anilines is 1. The molecule has 0 aliphatic heterocycles. The zero-order valence-corrected chi connectivity index (χ0v) is 13.0. The Labute approximate surface area is 126 Å². The van der Waals surface area contributed by atoms with Crippen molar-refractivity contribution >= 4 is 21.9 Å². The molecule has 2 aromatic heterocycles. The minimum atomic E-state index is 0.686. The number of aromatic nitrogens is 3. The van der Waals surface area contributed by atoms with Gasteiger partial charge in [-0.15, -0.1) is 0 Å². The van der Waals surface area contributed by atoms with Crippen molar-refractivity contribution < 1.29 is 4.52 Å². The third kappa shape index (κ3) is 3.17. The molecule has 2 heterocycles. The van der Waals surface area contributed by atoms with Crippen LogP contribution < -0.4 is 4.90 Å². The number of halogens is 1. The predicted molar refractivity (Wildman–Crippen MR) is 79.2 cm³/mol. The van der Waals surface area contributed by atoms with E-state index in [2.05, 4.69) is 42.9 Å². The van der Waals surface area contributed by atoms with Crippen LogP contribution in [0, 0.1) is 11.8 Å². The van der Waals surface area contributed by atoms with Gasteiger partial charge in [-0.05, 0) is 34.2 Å². The molecule has 6 heteroatoms. The smallest absolute Gasteiger partial charge is 0.225 e. The standard InChI is InChI=1S/C14H17BrN4O/c1-2-10-5-11(10)8-19(9-13-3-4-20-18-13)14-16-6-12(15)7-17-14/h3-4,6-7,10-11H,2,5,8-9H2,1H3/t10-,11+/m1/s1. The van der Waals surface area contributed by atoms with Crippen molar-refractivity contribution in [3.63, 3.8) is 0 Å². The molecule has 1 saturated carbocycles. The van der Waals surface area contributed by atoms with Crippen molar-refractivity contribution in [1.29, 1.82) is 0 Å². The highest BCUT2D eigenvalue weighted by atomic mass is 79.9. The summed E-state index contributed by atoms with van der Waals surface area (Å²) in [4.78, 5) is 11.0. The lowest BCUT2D eigenvalue weighted by atomic mass is 10.2. The lowest BCUT2D eigenvalue weighted by Gasteiger charge is -2.21. The molecule has 0 aromatic carbocycles. The Bertz CT molecular complexity index is 543. The summed E-state index contributed by atoms with van der Waals surface area (Å²) in [6, 6.07) is 1.88. The van der Waals surface area contributed by atoms with Gasteiger partial charge in [0.25, 0.3) is 0 Å². The summed E-state index contributed by atoms with van der Waals surface area (Å²) < 4.78 is 5.80. The summed E-state index contributed by atoms with van der Waals surface area (Å²) in [7, 11) is 0. The Morgan fingerprint density at radius 3 is 2.75 bits per heavy atom. The summed E-state index contributed by atoms with van der Waals surface area (Å²) in [5.41, 5.74) is 0.908. The van der Waals surface area contributed by atoms with Gasteiger partial charge >= 0.3 is 0 Å². The van der Waals surface area contributed by atoms with Gasteiger partial charge in [0.05, 0.1) is 11.0 Å². The molecule has 20 heavy (non-hydrogen) atoms. The highest BCUT2D eigenvalue weighted by molar-refractivity contribution is 9.10. The minimum Gasteiger partial charge on any atom is -0.364 e. The number of hydrogen-bond donors (Lipinski definition) is 0. The second-order valence-corrected chi connectivity index (χ2v) is 6.15. The first kappa shape index (κ1) is 13.5. The Morgan fingerprint density at radius 1 is 1.35 bits per heavy atom. The molecule has 0 saturated heterocycles. The predicted octanol–water partition coefficient (Wildman–Crippen LogP) is 3.28. The van der Waals surface area contributed by atoms with Gasteiger partial charge < -0.3 is 9.42 Å². The van der Waals surface area contributed by atoms with Crippen molar-refractivity contribution in [2.24, 2.45) is 11.8 Å². The van der Waals surface area contributed by atoms with Gasteiger partial charge in [-0.3, -0.25) is 0 Å². The molecular formula is C14H17BrN4O. The molecule has 0 N–H and O–H groups in total. The minimum absolute atomic E-state index is 0.686. The van der Waals surface area contributed by atoms with Gasteiger partial charge in [-0.1, -0.05) is 18.5 Å². The van der Waals surface area contributed by atoms with Crippen LogP contribution in [0.4, 0.5) is 5.95 Å². The molecule has 1 aliphatic carbocycles. The summed E-state index contributed by atoms with van der Waals surface area (Å²) in [5.74, 6) is 2.35. The van der Waals surface area contributed by atoms with Crippen molar-refractivity contribution in [2.75, 3.05) is 11.4 Å². The lowest BCUT2D eigenvalue weighted by Crippen LogP contribution is -2.27. The molecule has 5 nitrogen and oxygen atoms in total. The van der Waals surface area contributed by atoms with Crippen molar-refractivity contribution in [3.8, 4) is 0 Å². The van der Waals surface area contributed by atoms with Crippen LogP contribution in [0.5, 0.6) is 0 Å². The van der Waals surface area contributed by atoms with E-state index in [1.807, 2.05) is 6.07 Å². The third-order valence-corrected chi connectivity index (χ3v) is 4.19. The molecule has 0 spiro atoms. The molecule has 2 aromatic rings. The van der Waals surface area contributed by atoms with E-state index < -0.39 is 0 Å². The van der Waals surface area contributed by atoms with Gasteiger partial charge in [0.15, 0.2) is 0 Å². The zero-order chi connectivity index (χ0) is 13.9. The van der Waals surface area contributed by atoms with E-state index in [4.69, 9.17) is 4.52 Å². The van der Waals surface area contributed by atoms with Crippen molar-refractivity contribution in [2.45, 2.75) is 26.3 Å². The fraction of sp³-hybridized carbons (Fsp3) is 0.500. The van der Waals surface area contributed by atoms with Crippen LogP contribution >= 0.6 is 15.9 Å². The molecule has 106 valence electrons. The van der Waals surface area contributed by atoms with E-state index >= 15 is 0 Å². The van der Waals surface area contributed by atoms with Crippen LogP contribution in [-0.2, 0) is 6.54 Å². The number of hydrogen-bond acceptors (Lipinski definition) is 5. The summed E-state index contributed by atoms with van der Waals surface area (Å²) in [5, 5.41) is 3.98. The maximum Gasteiger partial charge on any atom is 0.225 e. The molecule has 0 amide bonds. The Morgan fingerprint density at radius 2 is 2.15 bits per heavy atom. The Kier molecular flexibility index (Phi) is 4.00. The summed E-state index contributed by atoms with van der Waals surface area (Å²) in [6.45, 7) is 3.92. The fourth-order valence-electron chi connectivity index (χ4n) is 2.52. The first-order chi connectivity index (χ1) is 9.76. The summed E-state index contributed by atoms with van der Waals surface area (Å²) in [6.07, 6.45) is 7.72. The molecule has 0 unspecified atom stereocenters. The van der Waals surface area contributed by atoms with E-state index in [1.165, 1.54) is 12.8 Å². The van der Waals surface area contributed by atoms with Crippen LogP contribution in [0.25, 0.3) is 0 Å². The molecule has 1 fully saturated rings. The number of nitrogens with zero attached hydrogens (tertiary/aromatic N) is 4. The fourth-order valence-corrected chi connectivity index (χ4v) is 2.72. The van der Waals surface area contributed by atoms with Crippen LogP contribution in [-0.4, -0.2) is 21.7 Å².